The minimum absolute atomic E-state index is 0.257. The number of thioether (sulfide) groups is 1. The van der Waals surface area contributed by atoms with Gasteiger partial charge in [0.15, 0.2) is 0 Å². The van der Waals surface area contributed by atoms with Crippen LogP contribution in [0.1, 0.15) is 12.5 Å². The molecule has 2 atom stereocenters. The maximum absolute atomic E-state index is 10.0. The molecule has 1 aromatic carbocycles. The fourth-order valence-corrected chi connectivity index (χ4v) is 3.34. The number of hydrogen-bond acceptors (Lipinski definition) is 5. The molecule has 1 N–H and O–H groups in total. The summed E-state index contributed by atoms with van der Waals surface area (Å²) in [4.78, 5) is 2.28. The molecule has 0 aromatic heterocycles. The summed E-state index contributed by atoms with van der Waals surface area (Å²) in [5.41, 5.74) is 0.568. The zero-order chi connectivity index (χ0) is 14.4. The van der Waals surface area contributed by atoms with Crippen LogP contribution < -0.4 is 4.74 Å². The van der Waals surface area contributed by atoms with E-state index in [0.717, 1.165) is 18.8 Å². The van der Waals surface area contributed by atoms with Crippen LogP contribution >= 0.6 is 11.8 Å². The van der Waals surface area contributed by atoms with Crippen molar-refractivity contribution in [3.63, 3.8) is 0 Å². The van der Waals surface area contributed by atoms with Crippen LogP contribution in [0, 0.1) is 11.3 Å². The number of aliphatic hydroxyl groups is 1. The van der Waals surface area contributed by atoms with Crippen molar-refractivity contribution in [3.8, 4) is 11.8 Å². The molecule has 20 heavy (non-hydrogen) atoms. The Balaban J connectivity index is 1.77. The van der Waals surface area contributed by atoms with E-state index in [1.165, 1.54) is 0 Å². The molecule has 0 amide bonds. The second-order valence-electron chi connectivity index (χ2n) is 5.05. The van der Waals surface area contributed by atoms with E-state index in [9.17, 15) is 5.11 Å². The number of ether oxygens (including phenoxy) is 1. The molecule has 5 heteroatoms. The quantitative estimate of drug-likeness (QED) is 0.896. The lowest BCUT2D eigenvalue weighted by atomic mass is 10.2. The molecule has 0 saturated carbocycles. The summed E-state index contributed by atoms with van der Waals surface area (Å²) in [6.07, 6.45) is -0.504. The molecular formula is C15H20N2O2S. The van der Waals surface area contributed by atoms with Crippen molar-refractivity contribution in [3.05, 3.63) is 29.8 Å². The van der Waals surface area contributed by atoms with Gasteiger partial charge in [0.05, 0.1) is 11.6 Å². The van der Waals surface area contributed by atoms with Crippen molar-refractivity contribution >= 4 is 11.8 Å². The topological polar surface area (TPSA) is 56.5 Å². The fourth-order valence-electron chi connectivity index (χ4n) is 2.26. The van der Waals surface area contributed by atoms with Crippen LogP contribution in [0.25, 0.3) is 0 Å². The second-order valence-corrected chi connectivity index (χ2v) is 6.59. The molecule has 1 aliphatic rings. The lowest BCUT2D eigenvalue weighted by Crippen LogP contribution is -2.42. The monoisotopic (exact) mass is 292 g/mol. The highest BCUT2D eigenvalue weighted by molar-refractivity contribution is 7.99. The van der Waals surface area contributed by atoms with Crippen molar-refractivity contribution in [1.82, 2.24) is 4.90 Å². The van der Waals surface area contributed by atoms with Crippen LogP contribution in [-0.4, -0.2) is 53.4 Å². The van der Waals surface area contributed by atoms with Gasteiger partial charge in [-0.25, -0.2) is 0 Å². The highest BCUT2D eigenvalue weighted by atomic mass is 32.2. The summed E-state index contributed by atoms with van der Waals surface area (Å²) in [7, 11) is 0. The van der Waals surface area contributed by atoms with Gasteiger partial charge in [-0.05, 0) is 18.2 Å². The third-order valence-corrected chi connectivity index (χ3v) is 4.34. The standard InChI is InChI=1S/C15H20N2O2S/c1-12-9-17(5-6-20-12)10-14(18)11-19-15-4-2-3-13(7-15)8-16/h2-4,7,12,14,18H,5-6,9-11H2,1H3. The van der Waals surface area contributed by atoms with Crippen LogP contribution in [-0.2, 0) is 0 Å². The van der Waals surface area contributed by atoms with Gasteiger partial charge in [-0.3, -0.25) is 4.90 Å². The maximum Gasteiger partial charge on any atom is 0.120 e. The third kappa shape index (κ3) is 4.71. The third-order valence-electron chi connectivity index (χ3n) is 3.20. The van der Waals surface area contributed by atoms with Crippen LogP contribution in [0.5, 0.6) is 5.75 Å². The Bertz CT molecular complexity index is 475. The molecule has 2 unspecified atom stereocenters. The first kappa shape index (κ1) is 15.2. The molecular weight excluding hydrogens is 272 g/mol. The Morgan fingerprint density at radius 1 is 1.60 bits per heavy atom. The lowest BCUT2D eigenvalue weighted by molar-refractivity contribution is 0.0697. The predicted octanol–water partition coefficient (Wildman–Crippen LogP) is 1.74. The molecule has 1 saturated heterocycles. The molecule has 108 valence electrons. The Kier molecular flexibility index (Phi) is 5.72. The molecule has 2 rings (SSSR count). The summed E-state index contributed by atoms with van der Waals surface area (Å²) < 4.78 is 5.55. The number of β-amino-alcohol motifs (C(OH)–C–C–N with tert-alkyl or cyclic N) is 1. The van der Waals surface area contributed by atoms with Crippen molar-refractivity contribution in [1.29, 1.82) is 5.26 Å². The van der Waals surface area contributed by atoms with Gasteiger partial charge in [-0.1, -0.05) is 13.0 Å². The zero-order valence-electron chi connectivity index (χ0n) is 11.7. The van der Waals surface area contributed by atoms with Crippen molar-refractivity contribution in [2.24, 2.45) is 0 Å². The van der Waals surface area contributed by atoms with E-state index in [1.807, 2.05) is 11.8 Å². The number of aliphatic hydroxyl groups excluding tert-OH is 1. The van der Waals surface area contributed by atoms with Crippen LogP contribution in [0.2, 0.25) is 0 Å². The molecule has 1 aliphatic heterocycles. The van der Waals surface area contributed by atoms with E-state index in [4.69, 9.17) is 10.00 Å². The predicted molar refractivity (Wildman–Crippen MR) is 81.0 cm³/mol. The average molecular weight is 292 g/mol. The smallest absolute Gasteiger partial charge is 0.120 e. The minimum Gasteiger partial charge on any atom is -0.491 e. The Morgan fingerprint density at radius 2 is 2.45 bits per heavy atom. The summed E-state index contributed by atoms with van der Waals surface area (Å²) in [6.45, 7) is 5.16. The summed E-state index contributed by atoms with van der Waals surface area (Å²) in [6, 6.07) is 9.07. The van der Waals surface area contributed by atoms with Gasteiger partial charge >= 0.3 is 0 Å². The van der Waals surface area contributed by atoms with E-state index >= 15 is 0 Å². The van der Waals surface area contributed by atoms with Gasteiger partial charge in [0.2, 0.25) is 0 Å². The van der Waals surface area contributed by atoms with Gasteiger partial charge < -0.3 is 9.84 Å². The Morgan fingerprint density at radius 3 is 3.20 bits per heavy atom. The molecule has 1 aromatic rings. The van der Waals surface area contributed by atoms with Crippen LogP contribution in [0.3, 0.4) is 0 Å². The normalized spacial score (nSPS) is 21.1. The van der Waals surface area contributed by atoms with E-state index < -0.39 is 6.10 Å². The fraction of sp³-hybridized carbons (Fsp3) is 0.533. The number of hydrogen-bond donors (Lipinski definition) is 1. The number of nitriles is 1. The highest BCUT2D eigenvalue weighted by Crippen LogP contribution is 2.18. The molecule has 0 spiro atoms. The van der Waals surface area contributed by atoms with Gasteiger partial charge in [0, 0.05) is 30.6 Å². The first-order valence-corrected chi connectivity index (χ1v) is 7.87. The van der Waals surface area contributed by atoms with E-state index in [2.05, 4.69) is 17.9 Å². The Hall–Kier alpha value is -1.22. The van der Waals surface area contributed by atoms with Gasteiger partial charge in [-0.15, -0.1) is 0 Å². The Labute approximate surface area is 124 Å². The molecule has 0 aliphatic carbocycles. The van der Waals surface area contributed by atoms with Crippen LogP contribution in [0.15, 0.2) is 24.3 Å². The van der Waals surface area contributed by atoms with Gasteiger partial charge in [-0.2, -0.15) is 17.0 Å². The maximum atomic E-state index is 10.0. The van der Waals surface area contributed by atoms with Crippen LogP contribution in [0.4, 0.5) is 0 Å². The average Bonchev–Trinajstić information content (AvgIpc) is 2.45. The molecule has 0 radical (unpaired) electrons. The lowest BCUT2D eigenvalue weighted by Gasteiger charge is -2.31. The summed E-state index contributed by atoms with van der Waals surface area (Å²) in [5.74, 6) is 1.75. The summed E-state index contributed by atoms with van der Waals surface area (Å²) >= 11 is 1.98. The first-order valence-electron chi connectivity index (χ1n) is 6.82. The molecule has 4 nitrogen and oxygen atoms in total. The number of rotatable bonds is 5. The zero-order valence-corrected chi connectivity index (χ0v) is 12.5. The SMILES string of the molecule is CC1CN(CC(O)COc2cccc(C#N)c2)CCS1. The molecule has 1 heterocycles. The van der Waals surface area contributed by atoms with Gasteiger partial charge in [0.1, 0.15) is 18.5 Å². The van der Waals surface area contributed by atoms with E-state index in [-0.39, 0.29) is 6.61 Å². The van der Waals surface area contributed by atoms with E-state index in [0.29, 0.717) is 23.1 Å². The molecule has 1 fully saturated rings. The van der Waals surface area contributed by atoms with Gasteiger partial charge in [0.25, 0.3) is 0 Å². The highest BCUT2D eigenvalue weighted by Gasteiger charge is 2.19. The second kappa shape index (κ2) is 7.53. The number of benzene rings is 1. The largest absolute Gasteiger partial charge is 0.491 e. The van der Waals surface area contributed by atoms with E-state index in [1.54, 1.807) is 24.3 Å². The van der Waals surface area contributed by atoms with Crippen molar-refractivity contribution in [2.45, 2.75) is 18.3 Å². The summed E-state index contributed by atoms with van der Waals surface area (Å²) in [5, 5.41) is 19.5. The number of nitrogens with zero attached hydrogens (tertiary/aromatic N) is 2. The minimum atomic E-state index is -0.504. The van der Waals surface area contributed by atoms with Crippen molar-refractivity contribution in [2.75, 3.05) is 32.0 Å². The van der Waals surface area contributed by atoms with Crippen molar-refractivity contribution < 1.29 is 9.84 Å². The first-order chi connectivity index (χ1) is 9.67. The molecule has 0 bridgehead atoms.